The van der Waals surface area contributed by atoms with E-state index in [-0.39, 0.29) is 12.4 Å². The third-order valence-electron chi connectivity index (χ3n) is 1.83. The molecule has 11 heavy (non-hydrogen) atoms. The molecule has 0 aromatic carbocycles. The van der Waals surface area contributed by atoms with E-state index in [4.69, 9.17) is 9.47 Å². The molecular weight excluding hydrogens is 140 g/mol. The Morgan fingerprint density at radius 2 is 2.45 bits per heavy atom. The Bertz CT molecular complexity index is 123. The molecule has 2 unspecified atom stereocenters. The molecule has 64 valence electrons. The third kappa shape index (κ3) is 2.64. The zero-order chi connectivity index (χ0) is 8.10. The lowest BCUT2D eigenvalue weighted by atomic mass is 10.2. The summed E-state index contributed by atoms with van der Waals surface area (Å²) in [5.41, 5.74) is 0. The summed E-state index contributed by atoms with van der Waals surface area (Å²) in [5, 5.41) is 0. The first-order chi connectivity index (χ1) is 5.36. The van der Waals surface area contributed by atoms with Crippen molar-refractivity contribution in [1.82, 2.24) is 0 Å². The van der Waals surface area contributed by atoms with Gasteiger partial charge in [0.1, 0.15) is 6.10 Å². The van der Waals surface area contributed by atoms with Gasteiger partial charge >= 0.3 is 0 Å². The monoisotopic (exact) mass is 156 g/mol. The standard InChI is InChI=1S/C9H16O2/c1-3-5-6-9-10-7-8(4-2)11-9/h4,8-9H,2-3,5-7H2,1H3. The first-order valence-electron chi connectivity index (χ1n) is 4.26. The van der Waals surface area contributed by atoms with Crippen LogP contribution in [-0.4, -0.2) is 19.0 Å². The summed E-state index contributed by atoms with van der Waals surface area (Å²) < 4.78 is 10.8. The maximum absolute atomic E-state index is 5.47. The molecule has 0 saturated carbocycles. The van der Waals surface area contributed by atoms with Crippen molar-refractivity contribution in [3.8, 4) is 0 Å². The molecule has 2 atom stereocenters. The number of hydrogen-bond acceptors (Lipinski definition) is 2. The molecule has 0 aromatic heterocycles. The smallest absolute Gasteiger partial charge is 0.158 e. The third-order valence-corrected chi connectivity index (χ3v) is 1.83. The predicted octanol–water partition coefficient (Wildman–Crippen LogP) is 2.10. The lowest BCUT2D eigenvalue weighted by Crippen LogP contribution is -2.09. The fourth-order valence-electron chi connectivity index (χ4n) is 1.12. The highest BCUT2D eigenvalue weighted by Crippen LogP contribution is 2.16. The Balaban J connectivity index is 2.14. The molecule has 2 nitrogen and oxygen atoms in total. The van der Waals surface area contributed by atoms with E-state index in [0.717, 1.165) is 6.42 Å². The Morgan fingerprint density at radius 1 is 1.64 bits per heavy atom. The van der Waals surface area contributed by atoms with Gasteiger partial charge in [0, 0.05) is 0 Å². The van der Waals surface area contributed by atoms with Crippen molar-refractivity contribution >= 4 is 0 Å². The molecule has 1 heterocycles. The molecular formula is C9H16O2. The zero-order valence-electron chi connectivity index (χ0n) is 7.08. The van der Waals surface area contributed by atoms with E-state index in [1.54, 1.807) is 6.08 Å². The van der Waals surface area contributed by atoms with E-state index in [1.807, 2.05) is 0 Å². The Kier molecular flexibility index (Phi) is 3.60. The molecule has 0 spiro atoms. The van der Waals surface area contributed by atoms with Crippen molar-refractivity contribution in [1.29, 1.82) is 0 Å². The Labute approximate surface area is 68.2 Å². The first kappa shape index (κ1) is 8.75. The van der Waals surface area contributed by atoms with Crippen LogP contribution in [0.1, 0.15) is 26.2 Å². The van der Waals surface area contributed by atoms with Gasteiger partial charge in [-0.15, -0.1) is 6.58 Å². The van der Waals surface area contributed by atoms with E-state index in [0.29, 0.717) is 6.61 Å². The van der Waals surface area contributed by atoms with E-state index in [9.17, 15) is 0 Å². The van der Waals surface area contributed by atoms with E-state index >= 15 is 0 Å². The lowest BCUT2D eigenvalue weighted by Gasteiger charge is -2.07. The van der Waals surface area contributed by atoms with Crippen molar-refractivity contribution in [3.63, 3.8) is 0 Å². The molecule has 0 radical (unpaired) electrons. The molecule has 0 aliphatic carbocycles. The molecule has 0 bridgehead atoms. The highest BCUT2D eigenvalue weighted by Gasteiger charge is 2.22. The van der Waals surface area contributed by atoms with Crippen LogP contribution in [0.25, 0.3) is 0 Å². The fourth-order valence-corrected chi connectivity index (χ4v) is 1.12. The maximum atomic E-state index is 5.47. The Morgan fingerprint density at radius 3 is 3.00 bits per heavy atom. The zero-order valence-corrected chi connectivity index (χ0v) is 7.08. The number of unbranched alkanes of at least 4 members (excludes halogenated alkanes) is 1. The second-order valence-electron chi connectivity index (χ2n) is 2.82. The van der Waals surface area contributed by atoms with Gasteiger partial charge in [0.15, 0.2) is 6.29 Å². The van der Waals surface area contributed by atoms with Crippen LogP contribution in [0.15, 0.2) is 12.7 Å². The minimum absolute atomic E-state index is 0.0259. The van der Waals surface area contributed by atoms with Gasteiger partial charge in [0.25, 0.3) is 0 Å². The summed E-state index contributed by atoms with van der Waals surface area (Å²) in [4.78, 5) is 0. The number of rotatable bonds is 4. The van der Waals surface area contributed by atoms with Gasteiger partial charge in [-0.2, -0.15) is 0 Å². The molecule has 1 aliphatic heterocycles. The molecule has 0 aromatic rings. The van der Waals surface area contributed by atoms with Gasteiger partial charge in [0.05, 0.1) is 6.61 Å². The predicted molar refractivity (Wildman–Crippen MR) is 44.3 cm³/mol. The van der Waals surface area contributed by atoms with Gasteiger partial charge in [-0.1, -0.05) is 19.4 Å². The SMILES string of the molecule is C=CC1COC(CCCC)O1. The van der Waals surface area contributed by atoms with Crippen molar-refractivity contribution < 1.29 is 9.47 Å². The average molecular weight is 156 g/mol. The number of ether oxygens (including phenoxy) is 2. The highest BCUT2D eigenvalue weighted by molar-refractivity contribution is 4.82. The maximum Gasteiger partial charge on any atom is 0.158 e. The normalized spacial score (nSPS) is 30.6. The van der Waals surface area contributed by atoms with Crippen LogP contribution in [0.2, 0.25) is 0 Å². The largest absolute Gasteiger partial charge is 0.350 e. The first-order valence-corrected chi connectivity index (χ1v) is 4.26. The second kappa shape index (κ2) is 4.52. The molecule has 1 saturated heterocycles. The van der Waals surface area contributed by atoms with Crippen molar-refractivity contribution in [2.24, 2.45) is 0 Å². The van der Waals surface area contributed by atoms with Crippen LogP contribution >= 0.6 is 0 Å². The van der Waals surface area contributed by atoms with Gasteiger partial charge in [0.2, 0.25) is 0 Å². The summed E-state index contributed by atoms with van der Waals surface area (Å²) in [5.74, 6) is 0. The van der Waals surface area contributed by atoms with Crippen LogP contribution in [-0.2, 0) is 9.47 Å². The summed E-state index contributed by atoms with van der Waals surface area (Å²) in [6.45, 7) is 6.50. The minimum Gasteiger partial charge on any atom is -0.350 e. The highest BCUT2D eigenvalue weighted by atomic mass is 16.7. The second-order valence-corrected chi connectivity index (χ2v) is 2.82. The van der Waals surface area contributed by atoms with E-state index in [1.165, 1.54) is 12.8 Å². The average Bonchev–Trinajstić information content (AvgIpc) is 2.48. The number of hydrogen-bond donors (Lipinski definition) is 0. The summed E-state index contributed by atoms with van der Waals surface area (Å²) in [6.07, 6.45) is 5.33. The van der Waals surface area contributed by atoms with Crippen LogP contribution in [0.3, 0.4) is 0 Å². The van der Waals surface area contributed by atoms with Crippen LogP contribution in [0.4, 0.5) is 0 Å². The Hall–Kier alpha value is -0.340. The van der Waals surface area contributed by atoms with E-state index in [2.05, 4.69) is 13.5 Å². The summed E-state index contributed by atoms with van der Waals surface area (Å²) in [7, 11) is 0. The van der Waals surface area contributed by atoms with Crippen LogP contribution < -0.4 is 0 Å². The summed E-state index contributed by atoms with van der Waals surface area (Å²) in [6, 6.07) is 0. The van der Waals surface area contributed by atoms with Gasteiger partial charge < -0.3 is 9.47 Å². The quantitative estimate of drug-likeness (QED) is 0.580. The molecule has 0 N–H and O–H groups in total. The minimum atomic E-state index is 0.0259. The molecule has 2 heteroatoms. The van der Waals surface area contributed by atoms with E-state index < -0.39 is 0 Å². The van der Waals surface area contributed by atoms with Gasteiger partial charge in [-0.25, -0.2) is 0 Å². The van der Waals surface area contributed by atoms with Crippen LogP contribution in [0.5, 0.6) is 0 Å². The van der Waals surface area contributed by atoms with Crippen molar-refractivity contribution in [2.75, 3.05) is 6.61 Å². The fraction of sp³-hybridized carbons (Fsp3) is 0.778. The summed E-state index contributed by atoms with van der Waals surface area (Å²) >= 11 is 0. The lowest BCUT2D eigenvalue weighted by molar-refractivity contribution is -0.0564. The van der Waals surface area contributed by atoms with Crippen molar-refractivity contribution in [2.45, 2.75) is 38.6 Å². The molecule has 1 fully saturated rings. The topological polar surface area (TPSA) is 18.5 Å². The molecule has 1 aliphatic rings. The molecule has 0 amide bonds. The van der Waals surface area contributed by atoms with Gasteiger partial charge in [-0.3, -0.25) is 0 Å². The molecule has 1 rings (SSSR count). The van der Waals surface area contributed by atoms with Crippen molar-refractivity contribution in [3.05, 3.63) is 12.7 Å². The van der Waals surface area contributed by atoms with Crippen LogP contribution in [0, 0.1) is 0 Å². The van der Waals surface area contributed by atoms with Gasteiger partial charge in [-0.05, 0) is 12.8 Å².